The molecule has 0 spiro atoms. The highest BCUT2D eigenvalue weighted by molar-refractivity contribution is 6.31. The Bertz CT molecular complexity index is 634. The van der Waals surface area contributed by atoms with Gasteiger partial charge in [-0.1, -0.05) is 49.1 Å². The third kappa shape index (κ3) is 4.33. The summed E-state index contributed by atoms with van der Waals surface area (Å²) in [5.74, 6) is -0.184. The molecule has 150 valence electrons. The summed E-state index contributed by atoms with van der Waals surface area (Å²) in [6.45, 7) is 4.76. The zero-order valence-corrected chi connectivity index (χ0v) is 17.1. The summed E-state index contributed by atoms with van der Waals surface area (Å²) in [4.78, 5) is 15.2. The van der Waals surface area contributed by atoms with Crippen LogP contribution in [0.4, 0.5) is 0 Å². The molecule has 0 unspecified atom stereocenters. The van der Waals surface area contributed by atoms with Gasteiger partial charge in [-0.25, -0.2) is 0 Å². The molecular weight excluding hydrogens is 362 g/mol. The Morgan fingerprint density at radius 1 is 1.15 bits per heavy atom. The van der Waals surface area contributed by atoms with E-state index in [1.54, 1.807) is 0 Å². The predicted octanol–water partition coefficient (Wildman–Crippen LogP) is 4.22. The van der Waals surface area contributed by atoms with E-state index in [1.165, 1.54) is 0 Å². The van der Waals surface area contributed by atoms with Gasteiger partial charge >= 0.3 is 5.97 Å². The number of benzene rings is 1. The molecule has 0 atom stereocenters. The Morgan fingerprint density at radius 3 is 2.44 bits per heavy atom. The Hall–Kier alpha value is -1.10. The molecule has 1 saturated carbocycles. The summed E-state index contributed by atoms with van der Waals surface area (Å²) >= 11 is 6.26. The van der Waals surface area contributed by atoms with Crippen molar-refractivity contribution in [2.45, 2.75) is 63.9 Å². The van der Waals surface area contributed by atoms with E-state index in [4.69, 9.17) is 16.3 Å². The highest BCUT2D eigenvalue weighted by atomic mass is 35.5. The van der Waals surface area contributed by atoms with E-state index in [0.717, 1.165) is 68.7 Å². The molecule has 0 radical (unpaired) electrons. The number of likely N-dealkylation sites (tertiary alicyclic amines) is 1. The van der Waals surface area contributed by atoms with Crippen LogP contribution in [0.1, 0.15) is 57.4 Å². The topological polar surface area (TPSA) is 49.8 Å². The van der Waals surface area contributed by atoms with Gasteiger partial charge < -0.3 is 14.7 Å². The number of carbonyl (C=O) groups excluding carboxylic acids is 1. The maximum Gasteiger partial charge on any atom is 0.314 e. The first-order valence-corrected chi connectivity index (χ1v) is 10.7. The fourth-order valence-corrected chi connectivity index (χ4v) is 5.12. The Balaban J connectivity index is 1.63. The number of rotatable bonds is 6. The van der Waals surface area contributed by atoms with Gasteiger partial charge in [0.05, 0.1) is 17.6 Å². The SMILES string of the molecule is CCOC(=O)C1(C2(O)CCN(CCc3ccccc3Cl)CC2)CCCCC1. The van der Waals surface area contributed by atoms with Crippen LogP contribution in [0.25, 0.3) is 0 Å². The van der Waals surface area contributed by atoms with Gasteiger partial charge in [-0.15, -0.1) is 0 Å². The van der Waals surface area contributed by atoms with Crippen LogP contribution in [0.15, 0.2) is 24.3 Å². The summed E-state index contributed by atoms with van der Waals surface area (Å²) in [5, 5.41) is 12.4. The van der Waals surface area contributed by atoms with E-state index in [-0.39, 0.29) is 5.97 Å². The molecule has 2 aliphatic rings. The lowest BCUT2D eigenvalue weighted by molar-refractivity contribution is -0.189. The van der Waals surface area contributed by atoms with Crippen molar-refractivity contribution < 1.29 is 14.6 Å². The van der Waals surface area contributed by atoms with Crippen LogP contribution in [0, 0.1) is 5.41 Å². The fourth-order valence-electron chi connectivity index (χ4n) is 4.89. The van der Waals surface area contributed by atoms with Gasteiger partial charge in [0, 0.05) is 24.7 Å². The molecule has 0 aromatic heterocycles. The molecule has 1 aromatic carbocycles. The lowest BCUT2D eigenvalue weighted by Crippen LogP contribution is -2.59. The molecule has 1 aromatic rings. The van der Waals surface area contributed by atoms with Crippen molar-refractivity contribution in [3.8, 4) is 0 Å². The van der Waals surface area contributed by atoms with Crippen molar-refractivity contribution in [1.82, 2.24) is 4.90 Å². The third-order valence-corrected chi connectivity index (χ3v) is 6.97. The van der Waals surface area contributed by atoms with Gasteiger partial charge in [-0.05, 0) is 50.7 Å². The zero-order valence-electron chi connectivity index (χ0n) is 16.4. The van der Waals surface area contributed by atoms with Gasteiger partial charge in [0.15, 0.2) is 0 Å². The van der Waals surface area contributed by atoms with Crippen molar-refractivity contribution in [2.24, 2.45) is 5.41 Å². The molecule has 2 fully saturated rings. The number of hydrogen-bond acceptors (Lipinski definition) is 4. The normalized spacial score (nSPS) is 22.3. The lowest BCUT2D eigenvalue weighted by Gasteiger charge is -2.51. The average molecular weight is 394 g/mol. The number of carbonyl (C=O) groups is 1. The Labute approximate surface area is 167 Å². The highest BCUT2D eigenvalue weighted by Gasteiger charge is 2.57. The molecule has 1 heterocycles. The molecule has 1 aliphatic heterocycles. The standard InChI is InChI=1S/C22H32ClNO3/c1-2-27-20(25)21(11-6-3-7-12-21)22(26)13-16-24(17-14-22)15-10-18-8-4-5-9-19(18)23/h4-5,8-9,26H,2-3,6-7,10-17H2,1H3. The second kappa shape index (κ2) is 8.93. The minimum atomic E-state index is -0.944. The van der Waals surface area contributed by atoms with Gasteiger partial charge in [0.25, 0.3) is 0 Å². The monoisotopic (exact) mass is 393 g/mol. The van der Waals surface area contributed by atoms with Gasteiger partial charge in [0.2, 0.25) is 0 Å². The smallest absolute Gasteiger partial charge is 0.314 e. The molecule has 1 N–H and O–H groups in total. The number of aliphatic hydroxyl groups is 1. The molecule has 1 aliphatic carbocycles. The maximum atomic E-state index is 12.8. The number of hydrogen-bond donors (Lipinski definition) is 1. The van der Waals surface area contributed by atoms with Crippen molar-refractivity contribution in [3.05, 3.63) is 34.9 Å². The molecule has 0 bridgehead atoms. The second-order valence-corrected chi connectivity index (χ2v) is 8.49. The molecule has 5 heteroatoms. The molecule has 4 nitrogen and oxygen atoms in total. The summed E-state index contributed by atoms with van der Waals surface area (Å²) in [6.07, 6.45) is 6.81. The number of halogens is 1. The summed E-state index contributed by atoms with van der Waals surface area (Å²) < 4.78 is 5.42. The second-order valence-electron chi connectivity index (χ2n) is 8.08. The van der Waals surface area contributed by atoms with Crippen molar-refractivity contribution >= 4 is 17.6 Å². The predicted molar refractivity (Wildman–Crippen MR) is 108 cm³/mol. The van der Waals surface area contributed by atoms with E-state index in [1.807, 2.05) is 25.1 Å². The molecule has 27 heavy (non-hydrogen) atoms. The van der Waals surface area contributed by atoms with Crippen LogP contribution < -0.4 is 0 Å². The van der Waals surface area contributed by atoms with Gasteiger partial charge in [-0.3, -0.25) is 4.79 Å². The van der Waals surface area contributed by atoms with Crippen molar-refractivity contribution in [2.75, 3.05) is 26.2 Å². The van der Waals surface area contributed by atoms with Gasteiger partial charge in [0.1, 0.15) is 0 Å². The van der Waals surface area contributed by atoms with Crippen LogP contribution in [0.5, 0.6) is 0 Å². The van der Waals surface area contributed by atoms with E-state index >= 15 is 0 Å². The first-order valence-electron chi connectivity index (χ1n) is 10.4. The molecule has 1 saturated heterocycles. The lowest BCUT2D eigenvalue weighted by atomic mass is 9.60. The number of ether oxygens (including phenoxy) is 1. The average Bonchev–Trinajstić information content (AvgIpc) is 2.69. The van der Waals surface area contributed by atoms with Crippen LogP contribution in [-0.2, 0) is 16.0 Å². The van der Waals surface area contributed by atoms with E-state index in [9.17, 15) is 9.90 Å². The highest BCUT2D eigenvalue weighted by Crippen LogP contribution is 2.50. The van der Waals surface area contributed by atoms with Crippen LogP contribution in [-0.4, -0.2) is 47.8 Å². The zero-order chi connectivity index (χ0) is 19.3. The van der Waals surface area contributed by atoms with E-state index < -0.39 is 11.0 Å². The Morgan fingerprint density at radius 2 is 1.81 bits per heavy atom. The van der Waals surface area contributed by atoms with Crippen LogP contribution in [0.2, 0.25) is 5.02 Å². The molecule has 0 amide bonds. The number of nitrogens with zero attached hydrogens (tertiary/aromatic N) is 1. The minimum Gasteiger partial charge on any atom is -0.465 e. The van der Waals surface area contributed by atoms with Crippen LogP contribution in [0.3, 0.4) is 0 Å². The first kappa shape index (κ1) is 20.6. The minimum absolute atomic E-state index is 0.184. The summed E-state index contributed by atoms with van der Waals surface area (Å²) in [6, 6.07) is 7.96. The number of piperidine rings is 1. The number of esters is 1. The van der Waals surface area contributed by atoms with Crippen molar-refractivity contribution in [3.63, 3.8) is 0 Å². The van der Waals surface area contributed by atoms with E-state index in [0.29, 0.717) is 19.4 Å². The fraction of sp³-hybridized carbons (Fsp3) is 0.682. The quantitative estimate of drug-likeness (QED) is 0.735. The van der Waals surface area contributed by atoms with E-state index in [2.05, 4.69) is 11.0 Å². The molecular formula is C22H32ClNO3. The maximum absolute atomic E-state index is 12.8. The first-order chi connectivity index (χ1) is 13.0. The summed E-state index contributed by atoms with van der Waals surface area (Å²) in [5.41, 5.74) is -0.494. The van der Waals surface area contributed by atoms with Crippen molar-refractivity contribution in [1.29, 1.82) is 0 Å². The van der Waals surface area contributed by atoms with Gasteiger partial charge in [-0.2, -0.15) is 0 Å². The Kier molecular flexibility index (Phi) is 6.83. The third-order valence-electron chi connectivity index (χ3n) is 6.60. The summed E-state index contributed by atoms with van der Waals surface area (Å²) in [7, 11) is 0. The van der Waals surface area contributed by atoms with Crippen LogP contribution >= 0.6 is 11.6 Å². The molecule has 3 rings (SSSR count). The largest absolute Gasteiger partial charge is 0.465 e.